The number of hydrogen-bond acceptors (Lipinski definition) is 2. The van der Waals surface area contributed by atoms with Crippen molar-refractivity contribution in [3.63, 3.8) is 0 Å². The van der Waals surface area contributed by atoms with Crippen molar-refractivity contribution < 1.29 is 4.74 Å². The number of methoxy groups -OCH3 is 1. The quantitative estimate of drug-likeness (QED) is 0.857. The molecule has 0 fully saturated rings. The van der Waals surface area contributed by atoms with Crippen LogP contribution in [0.4, 0.5) is 0 Å². The number of ether oxygens (including phenoxy) is 1. The molecule has 0 aliphatic rings. The van der Waals surface area contributed by atoms with Crippen molar-refractivity contribution >= 4 is 22.6 Å². The van der Waals surface area contributed by atoms with Crippen molar-refractivity contribution in [1.29, 1.82) is 0 Å². The van der Waals surface area contributed by atoms with E-state index in [0.717, 1.165) is 5.56 Å². The minimum absolute atomic E-state index is 0.00952. The van der Waals surface area contributed by atoms with Crippen molar-refractivity contribution in [3.8, 4) is 0 Å². The molecule has 0 aliphatic carbocycles. The molecule has 1 aromatic rings. The van der Waals surface area contributed by atoms with E-state index in [2.05, 4.69) is 28.7 Å². The van der Waals surface area contributed by atoms with Crippen LogP contribution in [0, 0.1) is 3.57 Å². The van der Waals surface area contributed by atoms with Crippen LogP contribution in [-0.4, -0.2) is 13.7 Å². The van der Waals surface area contributed by atoms with Gasteiger partial charge in [-0.3, -0.25) is 0 Å². The molecule has 1 rings (SSSR count). The molecule has 0 aromatic heterocycles. The second kappa shape index (κ2) is 4.79. The van der Waals surface area contributed by atoms with Crippen LogP contribution < -0.4 is 5.73 Å². The summed E-state index contributed by atoms with van der Waals surface area (Å²) in [5.74, 6) is 0. The van der Waals surface area contributed by atoms with E-state index in [0.29, 0.717) is 6.61 Å². The number of hydrogen-bond donors (Lipinski definition) is 1. The van der Waals surface area contributed by atoms with E-state index in [1.54, 1.807) is 7.11 Å². The smallest absolute Gasteiger partial charge is 0.0655 e. The minimum atomic E-state index is -0.00952. The highest BCUT2D eigenvalue weighted by Crippen LogP contribution is 2.13. The predicted octanol–water partition coefficient (Wildman–Crippen LogP) is 1.94. The lowest BCUT2D eigenvalue weighted by Crippen LogP contribution is -2.15. The standard InChI is InChI=1S/C9H12INO/c1-12-6-9(11)7-3-2-4-8(10)5-7/h2-5,9H,6,11H2,1H3/t9-/m1/s1. The molecule has 12 heavy (non-hydrogen) atoms. The zero-order valence-electron chi connectivity index (χ0n) is 6.96. The van der Waals surface area contributed by atoms with Crippen LogP contribution >= 0.6 is 22.6 Å². The Morgan fingerprint density at radius 3 is 2.92 bits per heavy atom. The van der Waals surface area contributed by atoms with E-state index in [-0.39, 0.29) is 6.04 Å². The molecule has 0 amide bonds. The van der Waals surface area contributed by atoms with Crippen molar-refractivity contribution in [3.05, 3.63) is 33.4 Å². The molecule has 1 aromatic carbocycles. The van der Waals surface area contributed by atoms with Gasteiger partial charge in [0.15, 0.2) is 0 Å². The van der Waals surface area contributed by atoms with Gasteiger partial charge in [0.25, 0.3) is 0 Å². The highest BCUT2D eigenvalue weighted by Gasteiger charge is 2.04. The molecule has 0 heterocycles. The molecule has 3 heteroatoms. The van der Waals surface area contributed by atoms with Gasteiger partial charge in [0.2, 0.25) is 0 Å². The van der Waals surface area contributed by atoms with Crippen LogP contribution in [-0.2, 0) is 4.74 Å². The Hall–Kier alpha value is -0.130. The summed E-state index contributed by atoms with van der Waals surface area (Å²) in [6.45, 7) is 0.570. The predicted molar refractivity (Wildman–Crippen MR) is 58.0 cm³/mol. The molecule has 0 bridgehead atoms. The summed E-state index contributed by atoms with van der Waals surface area (Å²) in [6.07, 6.45) is 0. The van der Waals surface area contributed by atoms with Crippen LogP contribution in [0.5, 0.6) is 0 Å². The van der Waals surface area contributed by atoms with E-state index >= 15 is 0 Å². The maximum absolute atomic E-state index is 5.85. The van der Waals surface area contributed by atoms with Crippen molar-refractivity contribution in [2.75, 3.05) is 13.7 Å². The van der Waals surface area contributed by atoms with Gasteiger partial charge in [0.1, 0.15) is 0 Å². The third-order valence-electron chi connectivity index (χ3n) is 1.62. The van der Waals surface area contributed by atoms with Crippen LogP contribution in [0.1, 0.15) is 11.6 Å². The fourth-order valence-corrected chi connectivity index (χ4v) is 1.58. The third-order valence-corrected chi connectivity index (χ3v) is 2.29. The zero-order valence-corrected chi connectivity index (χ0v) is 9.11. The minimum Gasteiger partial charge on any atom is -0.383 e. The maximum atomic E-state index is 5.85. The van der Waals surface area contributed by atoms with Gasteiger partial charge in [-0.05, 0) is 40.3 Å². The first-order chi connectivity index (χ1) is 5.74. The second-order valence-electron chi connectivity index (χ2n) is 2.62. The Bertz CT molecular complexity index is 252. The second-order valence-corrected chi connectivity index (χ2v) is 3.86. The molecule has 0 spiro atoms. The van der Waals surface area contributed by atoms with Crippen LogP contribution in [0.2, 0.25) is 0 Å². The molecular formula is C9H12INO. The molecule has 1 atom stereocenters. The monoisotopic (exact) mass is 277 g/mol. The average molecular weight is 277 g/mol. The third kappa shape index (κ3) is 2.73. The summed E-state index contributed by atoms with van der Waals surface area (Å²) in [4.78, 5) is 0. The lowest BCUT2D eigenvalue weighted by molar-refractivity contribution is 0.181. The van der Waals surface area contributed by atoms with Gasteiger partial charge in [-0.2, -0.15) is 0 Å². The zero-order chi connectivity index (χ0) is 8.97. The first-order valence-electron chi connectivity index (χ1n) is 3.74. The van der Waals surface area contributed by atoms with Crippen molar-refractivity contribution in [1.82, 2.24) is 0 Å². The molecule has 66 valence electrons. The van der Waals surface area contributed by atoms with E-state index in [4.69, 9.17) is 10.5 Å². The van der Waals surface area contributed by atoms with E-state index in [9.17, 15) is 0 Å². The molecule has 0 saturated carbocycles. The lowest BCUT2D eigenvalue weighted by atomic mass is 10.1. The normalized spacial score (nSPS) is 12.9. The van der Waals surface area contributed by atoms with Gasteiger partial charge in [0.05, 0.1) is 12.6 Å². The Balaban J connectivity index is 2.73. The van der Waals surface area contributed by atoms with Gasteiger partial charge < -0.3 is 10.5 Å². The number of benzene rings is 1. The SMILES string of the molecule is COC[C@@H](N)c1cccc(I)c1. The summed E-state index contributed by atoms with van der Waals surface area (Å²) in [5.41, 5.74) is 6.97. The molecule has 0 saturated heterocycles. The fourth-order valence-electron chi connectivity index (χ4n) is 1.01. The van der Waals surface area contributed by atoms with E-state index < -0.39 is 0 Å². The largest absolute Gasteiger partial charge is 0.383 e. The average Bonchev–Trinajstić information content (AvgIpc) is 2.05. The molecule has 2 nitrogen and oxygen atoms in total. The van der Waals surface area contributed by atoms with Gasteiger partial charge in [-0.25, -0.2) is 0 Å². The maximum Gasteiger partial charge on any atom is 0.0655 e. The van der Waals surface area contributed by atoms with Crippen molar-refractivity contribution in [2.45, 2.75) is 6.04 Å². The van der Waals surface area contributed by atoms with Gasteiger partial charge in [-0.1, -0.05) is 12.1 Å². The van der Waals surface area contributed by atoms with Gasteiger partial charge >= 0.3 is 0 Å². The highest BCUT2D eigenvalue weighted by atomic mass is 127. The Labute approximate surface area is 86.2 Å². The van der Waals surface area contributed by atoms with Crippen LogP contribution in [0.25, 0.3) is 0 Å². The van der Waals surface area contributed by atoms with Gasteiger partial charge in [-0.15, -0.1) is 0 Å². The lowest BCUT2D eigenvalue weighted by Gasteiger charge is -2.10. The van der Waals surface area contributed by atoms with Crippen molar-refractivity contribution in [2.24, 2.45) is 5.73 Å². The molecular weight excluding hydrogens is 265 g/mol. The molecule has 0 radical (unpaired) electrons. The fraction of sp³-hybridized carbons (Fsp3) is 0.333. The van der Waals surface area contributed by atoms with Crippen LogP contribution in [0.3, 0.4) is 0 Å². The molecule has 0 aliphatic heterocycles. The van der Waals surface area contributed by atoms with Gasteiger partial charge in [0, 0.05) is 10.7 Å². The van der Waals surface area contributed by atoms with Crippen LogP contribution in [0.15, 0.2) is 24.3 Å². The van der Waals surface area contributed by atoms with E-state index in [1.165, 1.54) is 3.57 Å². The summed E-state index contributed by atoms with van der Waals surface area (Å²) in [5, 5.41) is 0. The topological polar surface area (TPSA) is 35.2 Å². The summed E-state index contributed by atoms with van der Waals surface area (Å²) in [6, 6.07) is 8.14. The Morgan fingerprint density at radius 1 is 1.58 bits per heavy atom. The highest BCUT2D eigenvalue weighted by molar-refractivity contribution is 14.1. The summed E-state index contributed by atoms with van der Waals surface area (Å²) in [7, 11) is 1.66. The number of nitrogens with two attached hydrogens (primary N) is 1. The number of halogens is 1. The Kier molecular flexibility index (Phi) is 3.97. The molecule has 2 N–H and O–H groups in total. The first-order valence-corrected chi connectivity index (χ1v) is 4.82. The van der Waals surface area contributed by atoms with E-state index in [1.807, 2.05) is 18.2 Å². The Morgan fingerprint density at radius 2 is 2.33 bits per heavy atom. The summed E-state index contributed by atoms with van der Waals surface area (Å²) < 4.78 is 6.18. The number of rotatable bonds is 3. The first kappa shape index (κ1) is 9.95. The summed E-state index contributed by atoms with van der Waals surface area (Å²) >= 11 is 2.27. The molecule has 0 unspecified atom stereocenters.